The molecule has 84 valence electrons. The lowest BCUT2D eigenvalue weighted by atomic mass is 10.5. The Labute approximate surface area is 96.0 Å². The number of nitrogens with two attached hydrogens (primary N) is 1. The second kappa shape index (κ2) is 7.26. The van der Waals surface area contributed by atoms with Gasteiger partial charge in [0.05, 0.1) is 0 Å². The molecular formula is C11H16ClNO2. The lowest BCUT2D eigenvalue weighted by Crippen LogP contribution is -2.12. The standard InChI is InChI=1S/C6H4.C5H11NO2.ClH/c1-2-5-4-6(5)3-1;1-2-5(7)8-4-3-6;/h1-4H;2-4,6H2,1H3;1H. The Morgan fingerprint density at radius 1 is 1.40 bits per heavy atom. The zero-order valence-electron chi connectivity index (χ0n) is 8.73. The van der Waals surface area contributed by atoms with Gasteiger partial charge in [-0.1, -0.05) is 25.1 Å². The minimum atomic E-state index is -0.185. The Balaban J connectivity index is 0.000000249. The van der Waals surface area contributed by atoms with Gasteiger partial charge in [0, 0.05) is 13.0 Å². The molecule has 0 aromatic carbocycles. The monoisotopic (exact) mass is 229 g/mol. The number of esters is 1. The molecular weight excluding hydrogens is 214 g/mol. The number of hydrogen-bond donors (Lipinski definition) is 1. The topological polar surface area (TPSA) is 52.3 Å². The first-order chi connectivity index (χ1) is 6.77. The summed E-state index contributed by atoms with van der Waals surface area (Å²) in [4.78, 5) is 10.3. The van der Waals surface area contributed by atoms with Gasteiger partial charge in [-0.25, -0.2) is 0 Å². The molecule has 0 saturated heterocycles. The Bertz CT molecular complexity index is 298. The van der Waals surface area contributed by atoms with E-state index < -0.39 is 0 Å². The number of carbonyl (C=O) groups is 1. The molecule has 0 spiro atoms. The zero-order chi connectivity index (χ0) is 10.4. The van der Waals surface area contributed by atoms with E-state index in [0.29, 0.717) is 19.6 Å². The van der Waals surface area contributed by atoms with Gasteiger partial charge in [-0.05, 0) is 17.2 Å². The van der Waals surface area contributed by atoms with Crippen LogP contribution < -0.4 is 5.73 Å². The van der Waals surface area contributed by atoms with E-state index in [9.17, 15) is 4.79 Å². The van der Waals surface area contributed by atoms with Crippen molar-refractivity contribution in [2.75, 3.05) is 13.2 Å². The van der Waals surface area contributed by atoms with Crippen LogP contribution in [0.15, 0.2) is 24.3 Å². The number of hydrogen-bond acceptors (Lipinski definition) is 3. The average Bonchev–Trinajstić information content (AvgIpc) is 2.83. The maximum absolute atomic E-state index is 10.3. The molecule has 2 rings (SSSR count). The summed E-state index contributed by atoms with van der Waals surface area (Å²) in [6, 6.07) is 8.48. The van der Waals surface area contributed by atoms with Crippen LogP contribution in [-0.4, -0.2) is 19.1 Å². The van der Waals surface area contributed by atoms with Gasteiger partial charge in [-0.3, -0.25) is 4.79 Å². The van der Waals surface area contributed by atoms with Crippen molar-refractivity contribution in [3.05, 3.63) is 24.3 Å². The lowest BCUT2D eigenvalue weighted by Gasteiger charge is -1.97. The summed E-state index contributed by atoms with van der Waals surface area (Å²) < 4.78 is 4.58. The molecule has 0 amide bonds. The van der Waals surface area contributed by atoms with Crippen molar-refractivity contribution in [3.63, 3.8) is 0 Å². The van der Waals surface area contributed by atoms with E-state index in [-0.39, 0.29) is 18.4 Å². The second-order valence-corrected chi connectivity index (χ2v) is 2.94. The molecule has 0 unspecified atom stereocenters. The maximum Gasteiger partial charge on any atom is 0.305 e. The minimum Gasteiger partial charge on any atom is -0.464 e. The number of halogens is 1. The van der Waals surface area contributed by atoms with Crippen molar-refractivity contribution in [2.45, 2.75) is 13.3 Å². The Morgan fingerprint density at radius 2 is 2.00 bits per heavy atom. The van der Waals surface area contributed by atoms with Crippen LogP contribution in [0.5, 0.6) is 0 Å². The van der Waals surface area contributed by atoms with Crippen LogP contribution in [0, 0.1) is 0 Å². The molecule has 2 N–H and O–H groups in total. The van der Waals surface area contributed by atoms with E-state index in [1.807, 2.05) is 0 Å². The van der Waals surface area contributed by atoms with Crippen molar-refractivity contribution in [3.8, 4) is 11.1 Å². The van der Waals surface area contributed by atoms with Crippen LogP contribution in [0.25, 0.3) is 11.1 Å². The molecule has 0 heterocycles. The van der Waals surface area contributed by atoms with Crippen LogP contribution in [0.3, 0.4) is 0 Å². The largest absolute Gasteiger partial charge is 0.464 e. The van der Waals surface area contributed by atoms with Gasteiger partial charge >= 0.3 is 5.97 Å². The van der Waals surface area contributed by atoms with Gasteiger partial charge < -0.3 is 10.5 Å². The van der Waals surface area contributed by atoms with Crippen LogP contribution in [0.2, 0.25) is 0 Å². The molecule has 0 aromatic rings. The quantitative estimate of drug-likeness (QED) is 0.819. The summed E-state index contributed by atoms with van der Waals surface area (Å²) in [5, 5.41) is 0. The summed E-state index contributed by atoms with van der Waals surface area (Å²) in [5.74, 6) is -0.185. The van der Waals surface area contributed by atoms with Crippen molar-refractivity contribution in [2.24, 2.45) is 5.73 Å². The number of fused-ring (bicyclic) bond motifs is 1. The Morgan fingerprint density at radius 3 is 2.27 bits per heavy atom. The molecule has 2 aliphatic rings. The van der Waals surface area contributed by atoms with Crippen LogP contribution in [-0.2, 0) is 9.53 Å². The van der Waals surface area contributed by atoms with Crippen molar-refractivity contribution in [1.29, 1.82) is 0 Å². The highest BCUT2D eigenvalue weighted by Gasteiger charge is 2.06. The second-order valence-electron chi connectivity index (χ2n) is 2.94. The highest BCUT2D eigenvalue weighted by Crippen LogP contribution is 2.32. The van der Waals surface area contributed by atoms with E-state index in [1.54, 1.807) is 6.92 Å². The number of ether oxygens (including phenoxy) is 1. The summed E-state index contributed by atoms with van der Waals surface area (Å²) in [7, 11) is 0. The van der Waals surface area contributed by atoms with Gasteiger partial charge in [-0.2, -0.15) is 0 Å². The Kier molecular flexibility index (Phi) is 6.75. The first kappa shape index (κ1) is 13.9. The fraction of sp³-hybridized carbons (Fsp3) is 0.364. The predicted octanol–water partition coefficient (Wildman–Crippen LogP) is 1.99. The van der Waals surface area contributed by atoms with E-state index >= 15 is 0 Å². The molecule has 0 bridgehead atoms. The van der Waals surface area contributed by atoms with Crippen molar-refractivity contribution in [1.82, 2.24) is 0 Å². The van der Waals surface area contributed by atoms with E-state index in [0.717, 1.165) is 0 Å². The smallest absolute Gasteiger partial charge is 0.305 e. The summed E-state index contributed by atoms with van der Waals surface area (Å²) in [6.07, 6.45) is 0.431. The fourth-order valence-corrected chi connectivity index (χ4v) is 0.950. The number of rotatable bonds is 3. The molecule has 15 heavy (non-hydrogen) atoms. The van der Waals surface area contributed by atoms with Gasteiger partial charge in [0.25, 0.3) is 0 Å². The fourth-order valence-electron chi connectivity index (χ4n) is 0.950. The van der Waals surface area contributed by atoms with Gasteiger partial charge in [-0.15, -0.1) is 12.4 Å². The normalized spacial score (nSPS) is 9.20. The maximum atomic E-state index is 10.3. The third-order valence-electron chi connectivity index (χ3n) is 1.78. The predicted molar refractivity (Wildman–Crippen MR) is 63.0 cm³/mol. The van der Waals surface area contributed by atoms with Crippen LogP contribution in [0.1, 0.15) is 13.3 Å². The zero-order valence-corrected chi connectivity index (χ0v) is 9.55. The molecule has 0 atom stereocenters. The van der Waals surface area contributed by atoms with Gasteiger partial charge in [0.15, 0.2) is 0 Å². The van der Waals surface area contributed by atoms with Gasteiger partial charge in [0.1, 0.15) is 6.61 Å². The van der Waals surface area contributed by atoms with Gasteiger partial charge in [0.2, 0.25) is 0 Å². The minimum absolute atomic E-state index is 0. The molecule has 0 saturated carbocycles. The van der Waals surface area contributed by atoms with Crippen LogP contribution >= 0.6 is 12.4 Å². The molecule has 4 heteroatoms. The number of benzene rings is 1. The summed E-state index contributed by atoms with van der Waals surface area (Å²) >= 11 is 0. The molecule has 0 aromatic heterocycles. The van der Waals surface area contributed by atoms with Crippen molar-refractivity contribution < 1.29 is 9.53 Å². The SMILES string of the molecule is CCC(=O)OCCN.Cl.c1cc2cc-2c1. The summed E-state index contributed by atoms with van der Waals surface area (Å²) in [5.41, 5.74) is 7.91. The average molecular weight is 230 g/mol. The lowest BCUT2D eigenvalue weighted by molar-refractivity contribution is -0.142. The van der Waals surface area contributed by atoms with Crippen molar-refractivity contribution >= 4 is 18.4 Å². The van der Waals surface area contributed by atoms with Crippen LogP contribution in [0.4, 0.5) is 0 Å². The third-order valence-corrected chi connectivity index (χ3v) is 1.78. The highest BCUT2D eigenvalue weighted by atomic mass is 35.5. The third kappa shape index (κ3) is 5.40. The first-order valence-corrected chi connectivity index (χ1v) is 4.74. The highest BCUT2D eigenvalue weighted by molar-refractivity contribution is 5.85. The molecule has 2 aliphatic carbocycles. The Hall–Kier alpha value is -1.06. The number of carbonyl (C=O) groups excluding carboxylic acids is 1. The molecule has 0 aliphatic heterocycles. The van der Waals surface area contributed by atoms with E-state index in [1.165, 1.54) is 11.1 Å². The molecule has 0 fully saturated rings. The van der Waals surface area contributed by atoms with E-state index in [4.69, 9.17) is 5.73 Å². The molecule has 3 nitrogen and oxygen atoms in total. The first-order valence-electron chi connectivity index (χ1n) is 4.74. The summed E-state index contributed by atoms with van der Waals surface area (Å²) in [6.45, 7) is 2.50. The van der Waals surface area contributed by atoms with E-state index in [2.05, 4.69) is 29.0 Å². The molecule has 0 radical (unpaired) electrons.